The van der Waals surface area contributed by atoms with Crippen LogP contribution < -0.4 is 0 Å². The van der Waals surface area contributed by atoms with Gasteiger partial charge < -0.3 is 27.4 Å². The molecule has 0 saturated heterocycles. The first-order chi connectivity index (χ1) is 0. The van der Waals surface area contributed by atoms with E-state index in [0.29, 0.717) is 0 Å². The Kier molecular flexibility index (Phi) is 78800. The van der Waals surface area contributed by atoms with Crippen LogP contribution in [0.5, 0.6) is 0 Å². The number of hydrogen-bond acceptors (Lipinski definition) is 0. The van der Waals surface area contributed by atoms with Crippen LogP contribution in [0.4, 0.5) is 0 Å². The third-order valence-electron chi connectivity index (χ3n) is 0. The first kappa shape index (κ1) is 969. The van der Waals surface area contributed by atoms with Gasteiger partial charge in [-0.15, -0.1) is 0 Å². The summed E-state index contributed by atoms with van der Waals surface area (Å²) in [6, 6.07) is 0. The summed E-state index contributed by atoms with van der Waals surface area (Å²) in [6.45, 7) is 0. The van der Waals surface area contributed by atoms with Gasteiger partial charge in [-0.1, -0.05) is 7.43 Å². The van der Waals surface area contributed by atoms with Crippen molar-refractivity contribution >= 4 is 13.5 Å². The average Bonchev–Trinajstić information content (AvgIpc) is 0. The van der Waals surface area contributed by atoms with E-state index in [2.05, 4.69) is 0 Å². The molecular formula is CH16O5SV. The number of rotatable bonds is 0. The molecule has 0 rings (SSSR count). The smallest absolute Gasteiger partial charge is 0 e. The fraction of sp³-hybridized carbons (Fsp3) is 1.00. The van der Waals surface area contributed by atoms with E-state index in [1.807, 2.05) is 0 Å². The Bertz CT molecular complexity index is 12.4. The molecule has 61 valence electrons. The largest absolute Gasteiger partial charge is 0.412 e. The molecule has 0 aromatic heterocycles. The number of hydrogen-bond donors (Lipinski definition) is 0. The molecule has 0 unspecified atom stereocenters. The predicted octanol–water partition coefficient (Wildman–Crippen LogP) is -3.38. The second kappa shape index (κ2) is 650. The Morgan fingerprint density at radius 1 is 0.500 bits per heavy atom. The zero-order chi connectivity index (χ0) is 0. The molecule has 0 bridgehead atoms. The van der Waals surface area contributed by atoms with Gasteiger partial charge in [0.1, 0.15) is 0 Å². The van der Waals surface area contributed by atoms with Crippen molar-refractivity contribution in [2.24, 2.45) is 0 Å². The van der Waals surface area contributed by atoms with Crippen molar-refractivity contribution in [2.75, 3.05) is 0 Å². The normalized spacial score (nSPS) is 0. The Morgan fingerprint density at radius 3 is 0.500 bits per heavy atom. The van der Waals surface area contributed by atoms with E-state index in [0.717, 1.165) is 0 Å². The van der Waals surface area contributed by atoms with Gasteiger partial charge in [0.2, 0.25) is 0 Å². The van der Waals surface area contributed by atoms with Crippen molar-refractivity contribution in [3.63, 3.8) is 0 Å². The molecule has 0 saturated carbocycles. The van der Waals surface area contributed by atoms with Crippen molar-refractivity contribution in [1.29, 1.82) is 0 Å². The molecule has 0 aromatic carbocycles. The molecule has 7 heteroatoms. The fourth-order valence-electron chi connectivity index (χ4n) is 0. The summed E-state index contributed by atoms with van der Waals surface area (Å²) >= 11 is 0. The van der Waals surface area contributed by atoms with Gasteiger partial charge in [-0.05, 0) is 0 Å². The Morgan fingerprint density at radius 2 is 0.500 bits per heavy atom. The molecule has 0 aliphatic heterocycles. The van der Waals surface area contributed by atoms with Crippen LogP contribution in [0.15, 0.2) is 0 Å². The van der Waals surface area contributed by atoms with E-state index in [-0.39, 0.29) is 66.9 Å². The molecule has 0 amide bonds. The predicted molar refractivity (Wildman–Crippen MR) is 35.2 cm³/mol. The Balaban J connectivity index is 0. The van der Waals surface area contributed by atoms with Gasteiger partial charge in [-0.25, -0.2) is 0 Å². The molecule has 5 nitrogen and oxygen atoms in total. The molecular weight excluding hydrogens is 175 g/mol. The monoisotopic (exact) mass is 191 g/mol. The van der Waals surface area contributed by atoms with Crippen LogP contribution in [0.3, 0.4) is 0 Å². The summed E-state index contributed by atoms with van der Waals surface area (Å²) in [4.78, 5) is 0. The minimum Gasteiger partial charge on any atom is -0.412 e. The molecule has 0 atom stereocenters. The van der Waals surface area contributed by atoms with Crippen molar-refractivity contribution in [3.8, 4) is 0 Å². The van der Waals surface area contributed by atoms with Crippen molar-refractivity contribution in [2.45, 2.75) is 7.43 Å². The van der Waals surface area contributed by atoms with Gasteiger partial charge in [0, 0.05) is 18.6 Å². The van der Waals surface area contributed by atoms with E-state index in [1.165, 1.54) is 0 Å². The van der Waals surface area contributed by atoms with Gasteiger partial charge in [0.15, 0.2) is 0 Å². The van der Waals surface area contributed by atoms with Crippen LogP contribution in [0.25, 0.3) is 0 Å². The second-order valence-electron chi connectivity index (χ2n) is 0. The maximum Gasteiger partial charge on any atom is 0 e. The van der Waals surface area contributed by atoms with E-state index in [9.17, 15) is 0 Å². The fourth-order valence-corrected chi connectivity index (χ4v) is 0. The minimum absolute atomic E-state index is 0. The quantitative estimate of drug-likeness (QED) is 0.374. The SMILES string of the molecule is C.O.O.O.O.O.S.[V]. The third-order valence-corrected chi connectivity index (χ3v) is 0. The Labute approximate surface area is 67.3 Å². The van der Waals surface area contributed by atoms with Gasteiger partial charge in [0.25, 0.3) is 0 Å². The molecule has 0 aliphatic carbocycles. The molecule has 1 radical (unpaired) electrons. The molecule has 8 heavy (non-hydrogen) atoms. The second-order valence-corrected chi connectivity index (χ2v) is 0. The molecule has 0 aliphatic rings. The maximum absolute atomic E-state index is 0. The van der Waals surface area contributed by atoms with E-state index < -0.39 is 0 Å². The first-order valence-electron chi connectivity index (χ1n) is 0. The van der Waals surface area contributed by atoms with Gasteiger partial charge in [-0.3, -0.25) is 0 Å². The summed E-state index contributed by atoms with van der Waals surface area (Å²) in [5.74, 6) is 0. The summed E-state index contributed by atoms with van der Waals surface area (Å²) in [7, 11) is 0. The summed E-state index contributed by atoms with van der Waals surface area (Å²) in [5.41, 5.74) is 0. The average molecular weight is 191 g/mol. The molecule has 0 heterocycles. The van der Waals surface area contributed by atoms with Crippen molar-refractivity contribution in [3.05, 3.63) is 0 Å². The van der Waals surface area contributed by atoms with Crippen LogP contribution in [0.2, 0.25) is 0 Å². The molecule has 0 fully saturated rings. The first-order valence-corrected chi connectivity index (χ1v) is 0. The van der Waals surface area contributed by atoms with Crippen LogP contribution >= 0.6 is 13.5 Å². The van der Waals surface area contributed by atoms with Crippen LogP contribution in [0.1, 0.15) is 7.43 Å². The zero-order valence-corrected chi connectivity index (χ0v) is 5.84. The summed E-state index contributed by atoms with van der Waals surface area (Å²) in [6.07, 6.45) is 0. The summed E-state index contributed by atoms with van der Waals surface area (Å²) in [5, 5.41) is 0. The van der Waals surface area contributed by atoms with E-state index >= 15 is 0 Å². The third kappa shape index (κ3) is 411. The summed E-state index contributed by atoms with van der Waals surface area (Å²) < 4.78 is 0. The Hall–Kier alpha value is 0.734. The zero-order valence-electron chi connectivity index (χ0n) is 3.45. The van der Waals surface area contributed by atoms with E-state index in [1.54, 1.807) is 0 Å². The van der Waals surface area contributed by atoms with Gasteiger partial charge in [0.05, 0.1) is 0 Å². The maximum atomic E-state index is 0. The molecule has 0 spiro atoms. The standard InChI is InChI=1S/CH4.5H2O.H2S.V/h1H4;6*1H2;. The van der Waals surface area contributed by atoms with Crippen LogP contribution in [-0.4, -0.2) is 27.4 Å². The van der Waals surface area contributed by atoms with E-state index in [4.69, 9.17) is 0 Å². The molecule has 0 aromatic rings. The van der Waals surface area contributed by atoms with Crippen LogP contribution in [0, 0.1) is 0 Å². The molecule has 10 N–H and O–H groups in total. The van der Waals surface area contributed by atoms with Gasteiger partial charge >= 0.3 is 0 Å². The van der Waals surface area contributed by atoms with Crippen molar-refractivity contribution < 1.29 is 45.9 Å². The van der Waals surface area contributed by atoms with Gasteiger partial charge in [-0.2, -0.15) is 13.5 Å². The minimum atomic E-state index is 0. The topological polar surface area (TPSA) is 158 Å². The van der Waals surface area contributed by atoms with Crippen molar-refractivity contribution in [1.82, 2.24) is 0 Å². The van der Waals surface area contributed by atoms with Crippen LogP contribution in [-0.2, 0) is 18.6 Å².